The molecule has 1 rings (SSSR count). The fourth-order valence-electron chi connectivity index (χ4n) is 0.909. The predicted molar refractivity (Wildman–Crippen MR) is 67.1 cm³/mol. The normalized spacial score (nSPS) is 10.4. The molecule has 1 N–H and O–H groups in total. The van der Waals surface area contributed by atoms with E-state index in [9.17, 15) is 4.79 Å². The lowest BCUT2D eigenvalue weighted by molar-refractivity contribution is -0.113. The Hall–Kier alpha value is -0.660. The second-order valence-corrected chi connectivity index (χ2v) is 5.12. The number of anilines is 1. The molecule has 0 aliphatic rings. The highest BCUT2D eigenvalue weighted by Crippen LogP contribution is 2.15. The standard InChI is InChI=1S/C9H15N3O2S2/c1-3-8-11-12-9(16-8)10-7(13)6-15-5-4-14-2/h3-6H2,1-2H3,(H,10,12,13). The SMILES string of the molecule is CCc1nnc(NC(=O)CSCCOC)s1. The molecule has 0 bridgehead atoms. The predicted octanol–water partition coefficient (Wildman–Crippen LogP) is 1.42. The third-order valence-corrected chi connectivity index (χ3v) is 3.59. The maximum Gasteiger partial charge on any atom is 0.236 e. The molecule has 0 atom stereocenters. The van der Waals surface area contributed by atoms with Gasteiger partial charge >= 0.3 is 0 Å². The van der Waals surface area contributed by atoms with Gasteiger partial charge in [-0.15, -0.1) is 22.0 Å². The Morgan fingerprint density at radius 1 is 1.56 bits per heavy atom. The van der Waals surface area contributed by atoms with Crippen molar-refractivity contribution in [3.05, 3.63) is 5.01 Å². The molecule has 0 unspecified atom stereocenters. The Kier molecular flexibility index (Phi) is 6.36. The van der Waals surface area contributed by atoms with Crippen LogP contribution in [0.25, 0.3) is 0 Å². The number of rotatable bonds is 7. The molecule has 5 nitrogen and oxygen atoms in total. The van der Waals surface area contributed by atoms with Crippen molar-refractivity contribution in [3.63, 3.8) is 0 Å². The van der Waals surface area contributed by atoms with E-state index in [4.69, 9.17) is 4.74 Å². The minimum atomic E-state index is -0.0418. The van der Waals surface area contributed by atoms with Gasteiger partial charge in [0.2, 0.25) is 11.0 Å². The van der Waals surface area contributed by atoms with Crippen molar-refractivity contribution in [1.82, 2.24) is 10.2 Å². The molecular weight excluding hydrogens is 246 g/mol. The van der Waals surface area contributed by atoms with Crippen LogP contribution in [0.1, 0.15) is 11.9 Å². The van der Waals surface area contributed by atoms with Crippen LogP contribution in [-0.4, -0.2) is 41.3 Å². The zero-order valence-corrected chi connectivity index (χ0v) is 11.0. The summed E-state index contributed by atoms with van der Waals surface area (Å²) in [6.07, 6.45) is 0.843. The number of ether oxygens (including phenoxy) is 1. The summed E-state index contributed by atoms with van der Waals surface area (Å²) in [5, 5.41) is 12.0. The molecule has 1 amide bonds. The maximum absolute atomic E-state index is 11.4. The number of thioether (sulfide) groups is 1. The Bertz CT molecular complexity index is 330. The molecule has 1 heterocycles. The van der Waals surface area contributed by atoms with Gasteiger partial charge in [-0.25, -0.2) is 0 Å². The van der Waals surface area contributed by atoms with Crippen molar-refractivity contribution in [2.24, 2.45) is 0 Å². The van der Waals surface area contributed by atoms with Gasteiger partial charge in [0.25, 0.3) is 0 Å². The summed E-state index contributed by atoms with van der Waals surface area (Å²) in [6.45, 7) is 2.67. The molecule has 1 aromatic rings. The average molecular weight is 261 g/mol. The molecule has 0 aromatic carbocycles. The van der Waals surface area contributed by atoms with E-state index in [2.05, 4.69) is 15.5 Å². The van der Waals surface area contributed by atoms with Gasteiger partial charge in [0.15, 0.2) is 0 Å². The van der Waals surface area contributed by atoms with E-state index < -0.39 is 0 Å². The third-order valence-electron chi connectivity index (χ3n) is 1.68. The first-order valence-corrected chi connectivity index (χ1v) is 6.92. The lowest BCUT2D eigenvalue weighted by atomic mass is 10.5. The molecule has 0 saturated heterocycles. The molecule has 1 aromatic heterocycles. The summed E-state index contributed by atoms with van der Waals surface area (Å²) in [6, 6.07) is 0. The van der Waals surface area contributed by atoms with E-state index in [1.54, 1.807) is 7.11 Å². The summed E-state index contributed by atoms with van der Waals surface area (Å²) >= 11 is 2.95. The summed E-state index contributed by atoms with van der Waals surface area (Å²) in [7, 11) is 1.65. The molecule has 0 aliphatic carbocycles. The molecule has 0 saturated carbocycles. The van der Waals surface area contributed by atoms with Crippen LogP contribution in [-0.2, 0) is 16.0 Å². The van der Waals surface area contributed by atoms with Gasteiger partial charge in [0, 0.05) is 12.9 Å². The fraction of sp³-hybridized carbons (Fsp3) is 0.667. The van der Waals surface area contributed by atoms with Gasteiger partial charge in [-0.05, 0) is 6.42 Å². The first-order valence-electron chi connectivity index (χ1n) is 4.95. The molecule has 0 aliphatic heterocycles. The molecule has 90 valence electrons. The van der Waals surface area contributed by atoms with E-state index in [1.807, 2.05) is 6.92 Å². The summed E-state index contributed by atoms with van der Waals surface area (Å²) in [5.41, 5.74) is 0. The van der Waals surface area contributed by atoms with Gasteiger partial charge in [-0.1, -0.05) is 18.3 Å². The number of carbonyl (C=O) groups is 1. The number of amides is 1. The number of methoxy groups -OCH3 is 1. The Labute approximate surface area is 103 Å². The Morgan fingerprint density at radius 2 is 2.38 bits per heavy atom. The van der Waals surface area contributed by atoms with Crippen LogP contribution in [0.4, 0.5) is 5.13 Å². The van der Waals surface area contributed by atoms with Crippen molar-refractivity contribution in [3.8, 4) is 0 Å². The highest BCUT2D eigenvalue weighted by atomic mass is 32.2. The molecule has 16 heavy (non-hydrogen) atoms. The van der Waals surface area contributed by atoms with E-state index in [1.165, 1.54) is 23.1 Å². The second-order valence-electron chi connectivity index (χ2n) is 2.95. The molecular formula is C9H15N3O2S2. The number of hydrogen-bond acceptors (Lipinski definition) is 6. The van der Waals surface area contributed by atoms with Crippen molar-refractivity contribution < 1.29 is 9.53 Å². The maximum atomic E-state index is 11.4. The summed E-state index contributed by atoms with van der Waals surface area (Å²) in [4.78, 5) is 11.4. The Balaban J connectivity index is 2.23. The minimum absolute atomic E-state index is 0.0418. The van der Waals surface area contributed by atoms with Gasteiger partial charge in [0.05, 0.1) is 12.4 Å². The zero-order chi connectivity index (χ0) is 11.8. The van der Waals surface area contributed by atoms with Crippen LogP contribution in [0.5, 0.6) is 0 Å². The molecule has 0 radical (unpaired) electrons. The van der Waals surface area contributed by atoms with E-state index in [-0.39, 0.29) is 5.91 Å². The lowest BCUT2D eigenvalue weighted by Gasteiger charge is -2.00. The van der Waals surface area contributed by atoms with Crippen LogP contribution in [0.3, 0.4) is 0 Å². The van der Waals surface area contributed by atoms with Gasteiger partial charge in [-0.2, -0.15) is 0 Å². The highest BCUT2D eigenvalue weighted by molar-refractivity contribution is 7.99. The largest absolute Gasteiger partial charge is 0.384 e. The van der Waals surface area contributed by atoms with Gasteiger partial charge in [0.1, 0.15) is 5.01 Å². The second kappa shape index (κ2) is 7.59. The fourth-order valence-corrected chi connectivity index (χ4v) is 2.29. The quantitative estimate of drug-likeness (QED) is 0.752. The van der Waals surface area contributed by atoms with Crippen LogP contribution < -0.4 is 5.32 Å². The van der Waals surface area contributed by atoms with Gasteiger partial charge in [-0.3, -0.25) is 10.1 Å². The highest BCUT2D eigenvalue weighted by Gasteiger charge is 2.06. The van der Waals surface area contributed by atoms with Gasteiger partial charge < -0.3 is 4.74 Å². The first-order chi connectivity index (χ1) is 7.76. The minimum Gasteiger partial charge on any atom is -0.384 e. The summed E-state index contributed by atoms with van der Waals surface area (Å²) < 4.78 is 4.89. The zero-order valence-electron chi connectivity index (χ0n) is 9.36. The number of nitrogens with zero attached hydrogens (tertiary/aromatic N) is 2. The first kappa shape index (κ1) is 13.4. The lowest BCUT2D eigenvalue weighted by Crippen LogP contribution is -2.14. The van der Waals surface area contributed by atoms with E-state index in [0.29, 0.717) is 17.5 Å². The van der Waals surface area contributed by atoms with E-state index >= 15 is 0 Å². The number of nitrogens with one attached hydrogen (secondary N) is 1. The number of hydrogen-bond donors (Lipinski definition) is 1. The van der Waals surface area contributed by atoms with Crippen LogP contribution in [0.2, 0.25) is 0 Å². The van der Waals surface area contributed by atoms with Crippen molar-refractivity contribution >= 4 is 34.1 Å². The smallest absolute Gasteiger partial charge is 0.236 e. The van der Waals surface area contributed by atoms with E-state index in [0.717, 1.165) is 17.2 Å². The van der Waals surface area contributed by atoms with Crippen molar-refractivity contribution in [2.45, 2.75) is 13.3 Å². The van der Waals surface area contributed by atoms with Crippen LogP contribution >= 0.6 is 23.1 Å². The number of aromatic nitrogens is 2. The topological polar surface area (TPSA) is 64.1 Å². The van der Waals surface area contributed by atoms with Crippen LogP contribution in [0.15, 0.2) is 0 Å². The van der Waals surface area contributed by atoms with Crippen molar-refractivity contribution in [1.29, 1.82) is 0 Å². The van der Waals surface area contributed by atoms with Crippen LogP contribution in [0, 0.1) is 0 Å². The molecule has 7 heteroatoms. The Morgan fingerprint density at radius 3 is 3.00 bits per heavy atom. The number of carbonyl (C=O) groups excluding carboxylic acids is 1. The molecule has 0 spiro atoms. The summed E-state index contributed by atoms with van der Waals surface area (Å²) in [5.74, 6) is 1.20. The van der Waals surface area contributed by atoms with Crippen molar-refractivity contribution in [2.75, 3.05) is 30.5 Å². The number of aryl methyl sites for hydroxylation is 1. The third kappa shape index (κ3) is 4.91. The average Bonchev–Trinajstić information content (AvgIpc) is 2.72. The monoisotopic (exact) mass is 261 g/mol. The molecule has 0 fully saturated rings.